The highest BCUT2D eigenvalue weighted by atomic mass is 32.2. The van der Waals surface area contributed by atoms with Crippen molar-refractivity contribution in [2.24, 2.45) is 0 Å². The van der Waals surface area contributed by atoms with Crippen molar-refractivity contribution in [2.75, 3.05) is 29.3 Å². The van der Waals surface area contributed by atoms with Crippen LogP contribution in [0, 0.1) is 20.8 Å². The molecule has 10 heteroatoms. The Morgan fingerprint density at radius 1 is 0.816 bits per heavy atom. The first-order valence-electron chi connectivity index (χ1n) is 12.6. The fourth-order valence-electron chi connectivity index (χ4n) is 4.44. The monoisotopic (exact) mass is 555 g/mol. The van der Waals surface area contributed by atoms with Gasteiger partial charge in [-0.3, -0.25) is 9.10 Å². The highest BCUT2D eigenvalue weighted by molar-refractivity contribution is 7.92. The SMILES string of the molecule is Cc1ccc(S(=O)(=O)N(CC(=O)Nc2ccc(S(=O)(=O)N3CCCCC3)cc2)c2cccc(C)c2C)cc1. The summed E-state index contributed by atoms with van der Waals surface area (Å²) in [5, 5.41) is 2.71. The third-order valence-corrected chi connectivity index (χ3v) is 10.5. The lowest BCUT2D eigenvalue weighted by Crippen LogP contribution is -2.38. The minimum Gasteiger partial charge on any atom is -0.325 e. The van der Waals surface area contributed by atoms with E-state index in [2.05, 4.69) is 5.32 Å². The average Bonchev–Trinajstić information content (AvgIpc) is 2.90. The molecule has 8 nitrogen and oxygen atoms in total. The molecule has 1 N–H and O–H groups in total. The molecule has 0 saturated carbocycles. The van der Waals surface area contributed by atoms with Crippen LogP contribution in [0.1, 0.15) is 36.0 Å². The van der Waals surface area contributed by atoms with E-state index in [0.29, 0.717) is 24.5 Å². The van der Waals surface area contributed by atoms with Crippen molar-refractivity contribution < 1.29 is 21.6 Å². The molecule has 1 aliphatic rings. The topological polar surface area (TPSA) is 104 Å². The van der Waals surface area contributed by atoms with E-state index in [0.717, 1.165) is 40.3 Å². The van der Waals surface area contributed by atoms with Crippen LogP contribution in [0.3, 0.4) is 0 Å². The lowest BCUT2D eigenvalue weighted by Gasteiger charge is -2.26. The second-order valence-electron chi connectivity index (χ2n) is 9.58. The first-order chi connectivity index (χ1) is 18.0. The number of sulfonamides is 2. The third-order valence-electron chi connectivity index (χ3n) is 6.83. The summed E-state index contributed by atoms with van der Waals surface area (Å²) in [5.41, 5.74) is 3.37. The van der Waals surface area contributed by atoms with E-state index in [9.17, 15) is 21.6 Å². The van der Waals surface area contributed by atoms with Gasteiger partial charge in [-0.25, -0.2) is 16.8 Å². The fraction of sp³-hybridized carbons (Fsp3) is 0.321. The Hall–Kier alpha value is -3.21. The lowest BCUT2D eigenvalue weighted by molar-refractivity contribution is -0.114. The maximum Gasteiger partial charge on any atom is 0.264 e. The summed E-state index contributed by atoms with van der Waals surface area (Å²) >= 11 is 0. The normalized spacial score (nSPS) is 14.7. The molecule has 1 saturated heterocycles. The molecule has 3 aromatic carbocycles. The fourth-order valence-corrected chi connectivity index (χ4v) is 7.43. The Bertz CT molecular complexity index is 1510. The molecular formula is C28H33N3O5S2. The van der Waals surface area contributed by atoms with E-state index < -0.39 is 32.5 Å². The third kappa shape index (κ3) is 5.92. The van der Waals surface area contributed by atoms with Crippen LogP contribution in [0.2, 0.25) is 0 Å². The predicted molar refractivity (Wildman–Crippen MR) is 149 cm³/mol. The van der Waals surface area contributed by atoms with E-state index in [1.807, 2.05) is 26.8 Å². The van der Waals surface area contributed by atoms with Crippen molar-refractivity contribution in [3.63, 3.8) is 0 Å². The van der Waals surface area contributed by atoms with Gasteiger partial charge in [0.1, 0.15) is 6.54 Å². The number of amides is 1. The summed E-state index contributed by atoms with van der Waals surface area (Å²) in [6, 6.07) is 17.8. The Labute approximate surface area is 225 Å². The van der Waals surface area contributed by atoms with Crippen molar-refractivity contribution in [1.82, 2.24) is 4.31 Å². The van der Waals surface area contributed by atoms with Crippen LogP contribution in [0.5, 0.6) is 0 Å². The minimum absolute atomic E-state index is 0.0871. The molecule has 202 valence electrons. The van der Waals surface area contributed by atoms with Gasteiger partial charge in [-0.2, -0.15) is 4.31 Å². The number of nitrogens with one attached hydrogen (secondary N) is 1. The minimum atomic E-state index is -4.05. The Kier molecular flexibility index (Phi) is 8.25. The smallest absolute Gasteiger partial charge is 0.264 e. The molecule has 0 aromatic heterocycles. The summed E-state index contributed by atoms with van der Waals surface area (Å²) < 4.78 is 55.8. The zero-order valence-corrected chi connectivity index (χ0v) is 23.5. The average molecular weight is 556 g/mol. The number of rotatable bonds is 8. The quantitative estimate of drug-likeness (QED) is 0.437. The van der Waals surface area contributed by atoms with Gasteiger partial charge in [-0.05, 0) is 87.2 Å². The largest absolute Gasteiger partial charge is 0.325 e. The van der Waals surface area contributed by atoms with Gasteiger partial charge in [-0.1, -0.05) is 36.2 Å². The van der Waals surface area contributed by atoms with Crippen LogP contribution in [0.4, 0.5) is 11.4 Å². The number of carbonyl (C=O) groups is 1. The number of nitrogens with zero attached hydrogens (tertiary/aromatic N) is 2. The lowest BCUT2D eigenvalue weighted by atomic mass is 10.1. The summed E-state index contributed by atoms with van der Waals surface area (Å²) in [6.07, 6.45) is 2.71. The molecule has 0 aliphatic carbocycles. The van der Waals surface area contributed by atoms with Crippen LogP contribution in [0.25, 0.3) is 0 Å². The van der Waals surface area contributed by atoms with Crippen LogP contribution in [0.15, 0.2) is 76.5 Å². The zero-order valence-electron chi connectivity index (χ0n) is 21.8. The molecule has 1 amide bonds. The first kappa shape index (κ1) is 27.8. The van der Waals surface area contributed by atoms with Crippen LogP contribution in [-0.2, 0) is 24.8 Å². The molecule has 38 heavy (non-hydrogen) atoms. The first-order valence-corrected chi connectivity index (χ1v) is 15.4. The van der Waals surface area contributed by atoms with Gasteiger partial charge in [0.05, 0.1) is 15.5 Å². The zero-order chi connectivity index (χ0) is 27.5. The number of piperidine rings is 1. The van der Waals surface area contributed by atoms with Crippen LogP contribution in [-0.4, -0.2) is 46.7 Å². The summed E-state index contributed by atoms with van der Waals surface area (Å²) in [7, 11) is -7.64. The van der Waals surface area contributed by atoms with Crippen LogP contribution < -0.4 is 9.62 Å². The summed E-state index contributed by atoms with van der Waals surface area (Å²) in [4.78, 5) is 13.4. The van der Waals surface area contributed by atoms with Gasteiger partial charge in [0.25, 0.3) is 10.0 Å². The van der Waals surface area contributed by atoms with E-state index in [4.69, 9.17) is 0 Å². The van der Waals surface area contributed by atoms with Gasteiger partial charge in [0, 0.05) is 18.8 Å². The van der Waals surface area contributed by atoms with E-state index in [1.54, 1.807) is 24.3 Å². The van der Waals surface area contributed by atoms with Crippen molar-refractivity contribution in [2.45, 2.75) is 49.8 Å². The Balaban J connectivity index is 1.57. The summed E-state index contributed by atoms with van der Waals surface area (Å²) in [6.45, 7) is 6.13. The highest BCUT2D eigenvalue weighted by Crippen LogP contribution is 2.29. The molecule has 0 bridgehead atoms. The molecule has 1 heterocycles. The van der Waals surface area contributed by atoms with Crippen molar-refractivity contribution in [3.8, 4) is 0 Å². The number of anilines is 2. The number of hydrogen-bond acceptors (Lipinski definition) is 5. The molecule has 0 atom stereocenters. The molecular weight excluding hydrogens is 522 g/mol. The maximum atomic E-state index is 13.7. The standard InChI is InChI=1S/C28H33N3O5S2/c1-21-10-14-26(15-11-21)38(35,36)31(27-9-7-8-22(2)23(27)3)20-28(32)29-24-12-16-25(17-13-24)37(33,34)30-18-5-4-6-19-30/h7-17H,4-6,18-20H2,1-3H3,(H,29,32). The van der Waals surface area contributed by atoms with Gasteiger partial charge in [0.15, 0.2) is 0 Å². The molecule has 4 rings (SSSR count). The highest BCUT2D eigenvalue weighted by Gasteiger charge is 2.29. The number of benzene rings is 3. The molecule has 0 radical (unpaired) electrons. The van der Waals surface area contributed by atoms with Crippen LogP contribution >= 0.6 is 0 Å². The van der Waals surface area contributed by atoms with Gasteiger partial charge in [-0.15, -0.1) is 0 Å². The Morgan fingerprint density at radius 2 is 1.42 bits per heavy atom. The maximum absolute atomic E-state index is 13.7. The second kappa shape index (κ2) is 11.3. The van der Waals surface area contributed by atoms with Gasteiger partial charge < -0.3 is 5.32 Å². The molecule has 1 fully saturated rings. The number of aryl methyl sites for hydroxylation is 2. The second-order valence-corrected chi connectivity index (χ2v) is 13.4. The molecule has 1 aliphatic heterocycles. The number of hydrogen-bond donors (Lipinski definition) is 1. The van der Waals surface area contributed by atoms with Crippen molar-refractivity contribution in [1.29, 1.82) is 0 Å². The van der Waals surface area contributed by atoms with Gasteiger partial charge >= 0.3 is 0 Å². The van der Waals surface area contributed by atoms with Gasteiger partial charge in [0.2, 0.25) is 15.9 Å². The number of carbonyl (C=O) groups excluding carboxylic acids is 1. The molecule has 0 spiro atoms. The molecule has 0 unspecified atom stereocenters. The predicted octanol–water partition coefficient (Wildman–Crippen LogP) is 4.62. The van der Waals surface area contributed by atoms with E-state index in [-0.39, 0.29) is 9.79 Å². The summed E-state index contributed by atoms with van der Waals surface area (Å²) in [5.74, 6) is -0.548. The van der Waals surface area contributed by atoms with Crippen molar-refractivity contribution >= 4 is 37.3 Å². The van der Waals surface area contributed by atoms with E-state index in [1.165, 1.54) is 40.7 Å². The van der Waals surface area contributed by atoms with E-state index >= 15 is 0 Å². The van der Waals surface area contributed by atoms with Crippen molar-refractivity contribution in [3.05, 3.63) is 83.4 Å². The Morgan fingerprint density at radius 3 is 2.05 bits per heavy atom. The molecule has 3 aromatic rings.